The molecule has 1 aliphatic heterocycles. The van der Waals surface area contributed by atoms with Crippen molar-refractivity contribution in [1.29, 1.82) is 0 Å². The van der Waals surface area contributed by atoms with Crippen LogP contribution in [-0.2, 0) is 9.47 Å². The molecule has 2 N–H and O–H groups in total. The summed E-state index contributed by atoms with van der Waals surface area (Å²) in [5, 5.41) is 0. The second kappa shape index (κ2) is 5.69. The van der Waals surface area contributed by atoms with Gasteiger partial charge in [0.25, 0.3) is 0 Å². The largest absolute Gasteiger partial charge is 0.496 e. The summed E-state index contributed by atoms with van der Waals surface area (Å²) in [5.41, 5.74) is 9.59. The van der Waals surface area contributed by atoms with E-state index >= 15 is 0 Å². The zero-order valence-corrected chi connectivity index (χ0v) is 11.2. The van der Waals surface area contributed by atoms with Crippen LogP contribution in [0, 0.1) is 13.8 Å². The Kier molecular flexibility index (Phi) is 4.22. The van der Waals surface area contributed by atoms with Crippen LogP contribution < -0.4 is 10.5 Å². The molecule has 0 spiro atoms. The molecule has 2 unspecified atom stereocenters. The summed E-state index contributed by atoms with van der Waals surface area (Å²) < 4.78 is 16.6. The Balaban J connectivity index is 2.28. The molecule has 18 heavy (non-hydrogen) atoms. The molecule has 0 saturated carbocycles. The van der Waals surface area contributed by atoms with Crippen molar-refractivity contribution in [3.63, 3.8) is 0 Å². The van der Waals surface area contributed by atoms with Gasteiger partial charge >= 0.3 is 0 Å². The predicted molar refractivity (Wildman–Crippen MR) is 70.0 cm³/mol. The van der Waals surface area contributed by atoms with Gasteiger partial charge in [0.2, 0.25) is 0 Å². The van der Waals surface area contributed by atoms with Crippen molar-refractivity contribution in [1.82, 2.24) is 0 Å². The molecule has 4 heteroatoms. The molecular weight excluding hydrogens is 230 g/mol. The number of ether oxygens (including phenoxy) is 3. The van der Waals surface area contributed by atoms with Gasteiger partial charge in [0, 0.05) is 5.56 Å². The SMILES string of the molecule is COc1c(C(N)C2COCCO2)ccc(C)c1C. The normalized spacial score (nSPS) is 21.7. The Morgan fingerprint density at radius 3 is 2.72 bits per heavy atom. The van der Waals surface area contributed by atoms with Crippen molar-refractivity contribution in [2.45, 2.75) is 26.0 Å². The highest BCUT2D eigenvalue weighted by atomic mass is 16.6. The van der Waals surface area contributed by atoms with E-state index in [9.17, 15) is 0 Å². The molecule has 100 valence electrons. The molecule has 0 bridgehead atoms. The summed E-state index contributed by atoms with van der Waals surface area (Å²) in [4.78, 5) is 0. The monoisotopic (exact) mass is 251 g/mol. The zero-order chi connectivity index (χ0) is 13.1. The highest BCUT2D eigenvalue weighted by Gasteiger charge is 2.26. The van der Waals surface area contributed by atoms with Gasteiger partial charge in [0.15, 0.2) is 0 Å². The topological polar surface area (TPSA) is 53.7 Å². The van der Waals surface area contributed by atoms with Crippen LogP contribution in [0.2, 0.25) is 0 Å². The van der Waals surface area contributed by atoms with E-state index in [1.165, 1.54) is 5.56 Å². The maximum Gasteiger partial charge on any atom is 0.126 e. The lowest BCUT2D eigenvalue weighted by Crippen LogP contribution is -2.38. The van der Waals surface area contributed by atoms with Crippen LogP contribution in [-0.4, -0.2) is 33.0 Å². The fourth-order valence-electron chi connectivity index (χ4n) is 2.26. The van der Waals surface area contributed by atoms with Crippen molar-refractivity contribution in [2.75, 3.05) is 26.9 Å². The first kappa shape index (κ1) is 13.3. The summed E-state index contributed by atoms with van der Waals surface area (Å²) in [6.45, 7) is 5.89. The fraction of sp³-hybridized carbons (Fsp3) is 0.571. The molecule has 0 amide bonds. The van der Waals surface area contributed by atoms with Crippen LogP contribution in [0.25, 0.3) is 0 Å². The average molecular weight is 251 g/mol. The molecule has 1 heterocycles. The lowest BCUT2D eigenvalue weighted by atomic mass is 9.96. The molecular formula is C14H21NO3. The van der Waals surface area contributed by atoms with Gasteiger partial charge in [-0.25, -0.2) is 0 Å². The Morgan fingerprint density at radius 2 is 2.11 bits per heavy atom. The van der Waals surface area contributed by atoms with Crippen LogP contribution in [0.5, 0.6) is 5.75 Å². The summed E-state index contributed by atoms with van der Waals surface area (Å²) in [5.74, 6) is 0.858. The van der Waals surface area contributed by atoms with Crippen LogP contribution in [0.15, 0.2) is 12.1 Å². The quantitative estimate of drug-likeness (QED) is 0.889. The van der Waals surface area contributed by atoms with Crippen LogP contribution >= 0.6 is 0 Å². The van der Waals surface area contributed by atoms with Crippen LogP contribution in [0.1, 0.15) is 22.7 Å². The highest BCUT2D eigenvalue weighted by Crippen LogP contribution is 2.32. The predicted octanol–water partition coefficient (Wildman–Crippen LogP) is 1.73. The van der Waals surface area contributed by atoms with E-state index < -0.39 is 0 Å². The van der Waals surface area contributed by atoms with Crippen molar-refractivity contribution in [2.24, 2.45) is 5.73 Å². The van der Waals surface area contributed by atoms with Crippen molar-refractivity contribution in [3.05, 3.63) is 28.8 Å². The number of nitrogens with two attached hydrogens (primary N) is 1. The zero-order valence-electron chi connectivity index (χ0n) is 11.2. The summed E-state index contributed by atoms with van der Waals surface area (Å²) >= 11 is 0. The van der Waals surface area contributed by atoms with E-state index in [1.54, 1.807) is 7.11 Å². The van der Waals surface area contributed by atoms with Gasteiger partial charge < -0.3 is 19.9 Å². The smallest absolute Gasteiger partial charge is 0.126 e. The van der Waals surface area contributed by atoms with E-state index in [0.29, 0.717) is 19.8 Å². The summed E-state index contributed by atoms with van der Waals surface area (Å²) in [6.07, 6.45) is -0.102. The number of benzene rings is 1. The molecule has 1 aromatic rings. The minimum absolute atomic E-state index is 0.102. The van der Waals surface area contributed by atoms with Gasteiger partial charge in [-0.2, -0.15) is 0 Å². The van der Waals surface area contributed by atoms with Gasteiger partial charge in [0.05, 0.1) is 33.0 Å². The first-order chi connectivity index (χ1) is 8.65. The van der Waals surface area contributed by atoms with Crippen molar-refractivity contribution >= 4 is 0 Å². The minimum Gasteiger partial charge on any atom is -0.496 e. The maximum atomic E-state index is 6.28. The average Bonchev–Trinajstić information content (AvgIpc) is 2.42. The number of methoxy groups -OCH3 is 1. The molecule has 0 aromatic heterocycles. The van der Waals surface area contributed by atoms with Crippen LogP contribution in [0.4, 0.5) is 0 Å². The van der Waals surface area contributed by atoms with Crippen LogP contribution in [0.3, 0.4) is 0 Å². The third kappa shape index (κ3) is 2.51. The molecule has 1 fully saturated rings. The highest BCUT2D eigenvalue weighted by molar-refractivity contribution is 5.47. The number of hydrogen-bond donors (Lipinski definition) is 1. The van der Waals surface area contributed by atoms with Crippen molar-refractivity contribution in [3.8, 4) is 5.75 Å². The summed E-state index contributed by atoms with van der Waals surface area (Å²) in [7, 11) is 1.68. The van der Waals surface area contributed by atoms with E-state index in [2.05, 4.69) is 13.0 Å². The lowest BCUT2D eigenvalue weighted by molar-refractivity contribution is -0.0977. The molecule has 0 aliphatic carbocycles. The molecule has 2 rings (SSSR count). The molecule has 1 aromatic carbocycles. The fourth-order valence-corrected chi connectivity index (χ4v) is 2.26. The standard InChI is InChI=1S/C14H21NO3/c1-9-4-5-11(14(16-3)10(9)2)13(15)12-8-17-6-7-18-12/h4-5,12-13H,6-8,15H2,1-3H3. The van der Waals surface area contributed by atoms with E-state index in [4.69, 9.17) is 19.9 Å². The first-order valence-corrected chi connectivity index (χ1v) is 6.24. The van der Waals surface area contributed by atoms with Gasteiger partial charge in [0.1, 0.15) is 11.9 Å². The second-order valence-corrected chi connectivity index (χ2v) is 4.64. The Morgan fingerprint density at radius 1 is 1.33 bits per heavy atom. The number of hydrogen-bond acceptors (Lipinski definition) is 4. The second-order valence-electron chi connectivity index (χ2n) is 4.64. The lowest BCUT2D eigenvalue weighted by Gasteiger charge is -2.29. The Bertz CT molecular complexity index is 414. The molecule has 1 saturated heterocycles. The third-order valence-electron chi connectivity index (χ3n) is 3.51. The van der Waals surface area contributed by atoms with Gasteiger partial charge in [-0.1, -0.05) is 12.1 Å². The maximum absolute atomic E-state index is 6.28. The Labute approximate surface area is 108 Å². The molecule has 1 aliphatic rings. The summed E-state index contributed by atoms with van der Waals surface area (Å²) in [6, 6.07) is 3.86. The molecule has 0 radical (unpaired) electrons. The van der Waals surface area contributed by atoms with E-state index in [1.807, 2.05) is 13.0 Å². The Hall–Kier alpha value is -1.10. The first-order valence-electron chi connectivity index (χ1n) is 6.24. The molecule has 2 atom stereocenters. The minimum atomic E-state index is -0.223. The van der Waals surface area contributed by atoms with Crippen molar-refractivity contribution < 1.29 is 14.2 Å². The van der Waals surface area contributed by atoms with E-state index in [-0.39, 0.29) is 12.1 Å². The van der Waals surface area contributed by atoms with E-state index in [0.717, 1.165) is 16.9 Å². The number of rotatable bonds is 3. The number of aryl methyl sites for hydroxylation is 1. The van der Waals surface area contributed by atoms with Gasteiger partial charge in [-0.05, 0) is 25.0 Å². The molecule has 4 nitrogen and oxygen atoms in total. The van der Waals surface area contributed by atoms with Gasteiger partial charge in [-0.15, -0.1) is 0 Å². The van der Waals surface area contributed by atoms with Gasteiger partial charge in [-0.3, -0.25) is 0 Å². The third-order valence-corrected chi connectivity index (χ3v) is 3.51.